The number of benzene rings is 2. The monoisotopic (exact) mass is 651 g/mol. The van der Waals surface area contributed by atoms with Gasteiger partial charge in [-0.15, -0.1) is 0 Å². The van der Waals surface area contributed by atoms with Gasteiger partial charge in [-0.1, -0.05) is 67.6 Å². The largest absolute Gasteiger partial charge is 0.449 e. The van der Waals surface area contributed by atoms with Crippen molar-refractivity contribution in [3.8, 4) is 0 Å². The van der Waals surface area contributed by atoms with Crippen LogP contribution >= 0.6 is 0 Å². The molecule has 10 heteroatoms. The maximum absolute atomic E-state index is 14.0. The molecule has 0 aromatic heterocycles. The van der Waals surface area contributed by atoms with Gasteiger partial charge in [-0.25, -0.2) is 9.59 Å². The van der Waals surface area contributed by atoms with E-state index in [9.17, 15) is 14.4 Å². The van der Waals surface area contributed by atoms with E-state index >= 15 is 0 Å². The predicted octanol–water partition coefficient (Wildman–Crippen LogP) is 6.76. The molecule has 0 saturated carbocycles. The molecule has 2 aromatic carbocycles. The second-order valence-corrected chi connectivity index (χ2v) is 14.7. The smallest absolute Gasteiger partial charge is 0.413 e. The summed E-state index contributed by atoms with van der Waals surface area (Å²) in [4.78, 5) is 46.7. The van der Waals surface area contributed by atoms with Gasteiger partial charge in [-0.05, 0) is 66.5 Å². The zero-order valence-corrected chi connectivity index (χ0v) is 29.6. The van der Waals surface area contributed by atoms with Crippen molar-refractivity contribution in [2.45, 2.75) is 123 Å². The molecule has 2 aliphatic rings. The molecular formula is C37H53N3O7. The van der Waals surface area contributed by atoms with Crippen LogP contribution < -0.4 is 0 Å². The van der Waals surface area contributed by atoms with Crippen molar-refractivity contribution >= 4 is 18.0 Å². The lowest BCUT2D eigenvalue weighted by molar-refractivity contribution is -0.134. The molecule has 0 N–H and O–H groups in total. The highest BCUT2D eigenvalue weighted by molar-refractivity contribution is 5.86. The van der Waals surface area contributed by atoms with Crippen LogP contribution in [0.4, 0.5) is 9.59 Å². The first-order valence-corrected chi connectivity index (χ1v) is 16.6. The number of nitrogens with zero attached hydrogens (tertiary/aromatic N) is 3. The number of hydrogen-bond donors (Lipinski definition) is 0. The summed E-state index contributed by atoms with van der Waals surface area (Å²) >= 11 is 0. The Morgan fingerprint density at radius 1 is 0.745 bits per heavy atom. The van der Waals surface area contributed by atoms with E-state index in [0.717, 1.165) is 11.1 Å². The van der Waals surface area contributed by atoms with Gasteiger partial charge in [0.2, 0.25) is 0 Å². The number of amides is 2. The second kappa shape index (κ2) is 14.3. The van der Waals surface area contributed by atoms with Crippen molar-refractivity contribution < 1.29 is 33.3 Å². The van der Waals surface area contributed by atoms with E-state index < -0.39 is 46.9 Å². The summed E-state index contributed by atoms with van der Waals surface area (Å²) in [6.45, 7) is 18.5. The molecule has 2 aliphatic heterocycles. The molecule has 2 amide bonds. The minimum atomic E-state index is -1.13. The Bertz CT molecular complexity index is 1300. The molecule has 2 heterocycles. The first-order valence-electron chi connectivity index (χ1n) is 16.6. The Kier molecular flexibility index (Phi) is 11.1. The van der Waals surface area contributed by atoms with E-state index in [2.05, 4.69) is 4.90 Å². The minimum Gasteiger partial charge on any atom is -0.449 e. The molecule has 4 rings (SSSR count). The van der Waals surface area contributed by atoms with E-state index in [1.54, 1.807) is 16.7 Å². The molecule has 2 atom stereocenters. The summed E-state index contributed by atoms with van der Waals surface area (Å²) in [6, 6.07) is 19.3. The van der Waals surface area contributed by atoms with E-state index in [-0.39, 0.29) is 25.2 Å². The summed E-state index contributed by atoms with van der Waals surface area (Å²) in [5.41, 5.74) is -0.881. The molecule has 0 aliphatic carbocycles. The quantitative estimate of drug-likeness (QED) is 0.248. The normalized spacial score (nSPS) is 20.6. The number of rotatable bonds is 12. The number of Topliss-reactive ketones (excluding diaryl/α,β-unsaturated/α-hetero) is 1. The Morgan fingerprint density at radius 3 is 1.60 bits per heavy atom. The van der Waals surface area contributed by atoms with E-state index in [4.69, 9.17) is 18.9 Å². The Morgan fingerprint density at radius 2 is 1.19 bits per heavy atom. The highest BCUT2D eigenvalue weighted by Crippen LogP contribution is 2.37. The van der Waals surface area contributed by atoms with Gasteiger partial charge in [-0.3, -0.25) is 19.5 Å². The average Bonchev–Trinajstić information content (AvgIpc) is 3.38. The maximum atomic E-state index is 14.0. The summed E-state index contributed by atoms with van der Waals surface area (Å²) in [7, 11) is 0. The predicted molar refractivity (Wildman–Crippen MR) is 179 cm³/mol. The fourth-order valence-electron chi connectivity index (χ4n) is 6.86. The van der Waals surface area contributed by atoms with Crippen LogP contribution in [-0.2, 0) is 36.8 Å². The van der Waals surface area contributed by atoms with Gasteiger partial charge >= 0.3 is 12.2 Å². The second-order valence-electron chi connectivity index (χ2n) is 14.7. The number of hydrogen-bond acceptors (Lipinski definition) is 8. The summed E-state index contributed by atoms with van der Waals surface area (Å²) in [5, 5.41) is 0. The lowest BCUT2D eigenvalue weighted by Crippen LogP contribution is -2.56. The fraction of sp³-hybridized carbons (Fsp3) is 0.595. The molecule has 0 spiro atoms. The van der Waals surface area contributed by atoms with Gasteiger partial charge in [0, 0.05) is 25.9 Å². The van der Waals surface area contributed by atoms with E-state index in [1.165, 1.54) is 0 Å². The summed E-state index contributed by atoms with van der Waals surface area (Å²) < 4.78 is 24.0. The van der Waals surface area contributed by atoms with Crippen molar-refractivity contribution in [2.24, 2.45) is 0 Å². The number of carbonyl (C=O) groups is 3. The number of carbonyl (C=O) groups excluding carboxylic acids is 3. The highest BCUT2D eigenvalue weighted by atomic mass is 16.6. The first kappa shape index (κ1) is 36.4. The van der Waals surface area contributed by atoms with Crippen LogP contribution in [0.5, 0.6) is 0 Å². The third-order valence-electron chi connectivity index (χ3n) is 9.02. The van der Waals surface area contributed by atoms with Gasteiger partial charge < -0.3 is 18.9 Å². The molecule has 0 bridgehead atoms. The van der Waals surface area contributed by atoms with E-state index in [1.807, 2.05) is 116 Å². The lowest BCUT2D eigenvalue weighted by Gasteiger charge is -2.40. The Hall–Kier alpha value is -3.47. The topological polar surface area (TPSA) is 97.9 Å². The van der Waals surface area contributed by atoms with Crippen molar-refractivity contribution in [3.05, 3.63) is 71.8 Å². The Labute approximate surface area is 280 Å². The van der Waals surface area contributed by atoms with Crippen LogP contribution in [0, 0.1) is 0 Å². The summed E-state index contributed by atoms with van der Waals surface area (Å²) in [6.07, 6.45) is -1.84. The zero-order valence-electron chi connectivity index (χ0n) is 29.6. The Balaban J connectivity index is 1.69. The molecule has 2 saturated heterocycles. The van der Waals surface area contributed by atoms with Crippen LogP contribution in [0.1, 0.15) is 86.3 Å². The van der Waals surface area contributed by atoms with Crippen LogP contribution in [0.25, 0.3) is 0 Å². The average molecular weight is 652 g/mol. The molecule has 47 heavy (non-hydrogen) atoms. The van der Waals surface area contributed by atoms with Crippen LogP contribution in [0.2, 0.25) is 0 Å². The van der Waals surface area contributed by atoms with Gasteiger partial charge in [0.05, 0.1) is 36.9 Å². The van der Waals surface area contributed by atoms with Crippen molar-refractivity contribution in [3.63, 3.8) is 0 Å². The van der Waals surface area contributed by atoms with Crippen LogP contribution in [-0.4, -0.2) is 87.2 Å². The standard InChI is InChI=1S/C37H53N3O7/c1-10-30(41)31(47-33(43)40-35(4,5)26-46-37(40,8)9)29(21-22-44-32(42)39-34(2,3)25-45-36(39,6)7)38(23-27-17-13-11-14-18-27)24-28-19-15-12-16-20-28/h11-20,29,31H,10,21-26H2,1-9H3/t29-,31?/m0/s1. The van der Waals surface area contributed by atoms with E-state index in [0.29, 0.717) is 26.3 Å². The molecular weight excluding hydrogens is 598 g/mol. The SMILES string of the molecule is CCC(=O)C(OC(=O)N1C(C)(C)COC1(C)C)[C@H](CCOC(=O)N1C(C)(C)COC1(C)C)N(Cc1ccccc1)Cc1ccccc1. The number of ketones is 1. The lowest BCUT2D eigenvalue weighted by atomic mass is 9.98. The maximum Gasteiger partial charge on any atom is 0.413 e. The van der Waals surface area contributed by atoms with Gasteiger partial charge in [0.15, 0.2) is 11.9 Å². The third kappa shape index (κ3) is 8.52. The summed E-state index contributed by atoms with van der Waals surface area (Å²) in [5.74, 6) is -0.216. The highest BCUT2D eigenvalue weighted by Gasteiger charge is 2.52. The van der Waals surface area contributed by atoms with Crippen molar-refractivity contribution in [2.75, 3.05) is 19.8 Å². The zero-order chi connectivity index (χ0) is 34.6. The molecule has 1 unspecified atom stereocenters. The van der Waals surface area contributed by atoms with Crippen molar-refractivity contribution in [1.29, 1.82) is 0 Å². The fourth-order valence-corrected chi connectivity index (χ4v) is 6.86. The van der Waals surface area contributed by atoms with Crippen molar-refractivity contribution in [1.82, 2.24) is 14.7 Å². The van der Waals surface area contributed by atoms with Gasteiger partial charge in [-0.2, -0.15) is 0 Å². The molecule has 258 valence electrons. The molecule has 0 radical (unpaired) electrons. The van der Waals surface area contributed by atoms with Crippen LogP contribution in [0.3, 0.4) is 0 Å². The third-order valence-corrected chi connectivity index (χ3v) is 9.02. The molecule has 2 aromatic rings. The van der Waals surface area contributed by atoms with Gasteiger partial charge in [0.25, 0.3) is 0 Å². The molecule has 10 nitrogen and oxygen atoms in total. The van der Waals surface area contributed by atoms with Gasteiger partial charge in [0.1, 0.15) is 11.4 Å². The first-order chi connectivity index (χ1) is 22.0. The number of ether oxygens (including phenoxy) is 4. The minimum absolute atomic E-state index is 0.00109. The molecule has 2 fully saturated rings. The van der Waals surface area contributed by atoms with Crippen LogP contribution in [0.15, 0.2) is 60.7 Å².